The summed E-state index contributed by atoms with van der Waals surface area (Å²) in [6, 6.07) is 0. The van der Waals surface area contributed by atoms with Crippen LogP contribution in [0.2, 0.25) is 0 Å². The molecule has 0 aromatic rings. The molecule has 0 saturated heterocycles. The summed E-state index contributed by atoms with van der Waals surface area (Å²) >= 11 is 0. The van der Waals surface area contributed by atoms with Crippen LogP contribution in [0.4, 0.5) is 0 Å². The predicted octanol–water partition coefficient (Wildman–Crippen LogP) is 11.5. The molecule has 0 spiro atoms. The van der Waals surface area contributed by atoms with Crippen molar-refractivity contribution in [1.29, 1.82) is 0 Å². The molecular weight excluding hydrogens is 689 g/mol. The summed E-state index contributed by atoms with van der Waals surface area (Å²) in [6.07, 6.45) is 44.7. The number of esters is 1. The summed E-state index contributed by atoms with van der Waals surface area (Å²) in [6.45, 7) is 3.39. The van der Waals surface area contributed by atoms with Crippen LogP contribution in [0.1, 0.15) is 181 Å². The number of nitrogens with one attached hydrogen (secondary N) is 1. The number of hydrogen-bond acceptors (Lipinski definition) is 7. The molecule has 0 aliphatic carbocycles. The lowest BCUT2D eigenvalue weighted by Crippen LogP contribution is -2.27. The van der Waals surface area contributed by atoms with Gasteiger partial charge in [0.05, 0.1) is 13.2 Å². The van der Waals surface area contributed by atoms with Crippen molar-refractivity contribution in [1.82, 2.24) is 5.32 Å². The summed E-state index contributed by atoms with van der Waals surface area (Å²) in [7, 11) is -4.42. The smallest absolute Gasteiger partial charge is 0.463 e. The molecule has 308 valence electrons. The van der Waals surface area contributed by atoms with Crippen molar-refractivity contribution in [2.75, 3.05) is 26.4 Å². The van der Waals surface area contributed by atoms with E-state index in [9.17, 15) is 24.2 Å². The van der Waals surface area contributed by atoms with E-state index in [0.717, 1.165) is 64.2 Å². The van der Waals surface area contributed by atoms with Gasteiger partial charge >= 0.3 is 13.8 Å². The molecule has 53 heavy (non-hydrogen) atoms. The van der Waals surface area contributed by atoms with Crippen molar-refractivity contribution in [3.8, 4) is 0 Å². The standard InChI is InChI=1S/C43H78NO8P/c1-3-5-7-9-11-13-15-17-18-19-20-21-22-24-26-28-30-32-34-36-43(47)50-39-41(45)40-52-53(48,49)51-38-37-44-42(46)35-33-31-29-27-25-23-16-14-12-10-8-6-4-2/h6,8,12,14,17-18,23,25,41,45H,3-5,7,9-11,13,15-16,19-22,24,26-40H2,1-2H3,(H,44,46)(H,48,49)/b8-6-,14-12-,18-17+,25-23-. The number of aliphatic hydroxyl groups excluding tert-OH is 1. The zero-order valence-corrected chi connectivity index (χ0v) is 34.6. The van der Waals surface area contributed by atoms with E-state index in [2.05, 4.69) is 67.8 Å². The zero-order chi connectivity index (χ0) is 38.9. The third-order valence-corrected chi connectivity index (χ3v) is 9.73. The molecule has 0 fully saturated rings. The number of carbonyl (C=O) groups is 2. The number of phosphoric acid groups is 1. The van der Waals surface area contributed by atoms with Gasteiger partial charge in [-0.05, 0) is 70.6 Å². The lowest BCUT2D eigenvalue weighted by Gasteiger charge is -2.15. The van der Waals surface area contributed by atoms with E-state index >= 15 is 0 Å². The van der Waals surface area contributed by atoms with Gasteiger partial charge in [0.25, 0.3) is 0 Å². The van der Waals surface area contributed by atoms with Gasteiger partial charge in [-0.3, -0.25) is 18.6 Å². The molecule has 0 aromatic heterocycles. The van der Waals surface area contributed by atoms with Crippen molar-refractivity contribution in [2.24, 2.45) is 0 Å². The highest BCUT2D eigenvalue weighted by Crippen LogP contribution is 2.42. The minimum absolute atomic E-state index is 0.0644. The second kappa shape index (κ2) is 39.7. The fourth-order valence-electron chi connectivity index (χ4n) is 5.57. The molecule has 0 aliphatic rings. The number of aliphatic hydroxyl groups is 1. The molecule has 0 bridgehead atoms. The Labute approximate surface area is 324 Å². The number of phosphoric ester groups is 1. The molecule has 0 aliphatic heterocycles. The Morgan fingerprint density at radius 3 is 1.66 bits per heavy atom. The van der Waals surface area contributed by atoms with Crippen LogP contribution in [-0.4, -0.2) is 54.3 Å². The van der Waals surface area contributed by atoms with Gasteiger partial charge in [-0.1, -0.05) is 146 Å². The Morgan fingerprint density at radius 2 is 1.08 bits per heavy atom. The maximum atomic E-state index is 12.1. The lowest BCUT2D eigenvalue weighted by molar-refractivity contribution is -0.147. The lowest BCUT2D eigenvalue weighted by atomic mass is 10.1. The van der Waals surface area contributed by atoms with Crippen LogP contribution in [0.5, 0.6) is 0 Å². The first-order chi connectivity index (χ1) is 25.8. The minimum atomic E-state index is -4.42. The fraction of sp³-hybridized carbons (Fsp3) is 0.767. The van der Waals surface area contributed by atoms with Gasteiger partial charge in [0.2, 0.25) is 5.91 Å². The SMILES string of the molecule is CC/C=C\C/C=C\C/C=C\CCCCCC(=O)NCCOP(=O)(O)OCC(O)COC(=O)CCCCCCCCCCC/C=C/CCCCCCCC. The Hall–Kier alpha value is -2.03. The quantitative estimate of drug-likeness (QED) is 0.0244. The highest BCUT2D eigenvalue weighted by Gasteiger charge is 2.23. The number of ether oxygens (including phenoxy) is 1. The minimum Gasteiger partial charge on any atom is -0.463 e. The highest BCUT2D eigenvalue weighted by molar-refractivity contribution is 7.47. The summed E-state index contributed by atoms with van der Waals surface area (Å²) < 4.78 is 26.8. The number of unbranched alkanes of at least 4 members (excludes halogenated alkanes) is 18. The highest BCUT2D eigenvalue weighted by atomic mass is 31.2. The van der Waals surface area contributed by atoms with Crippen LogP contribution in [0.15, 0.2) is 48.6 Å². The normalized spacial score (nSPS) is 13.8. The summed E-state index contributed by atoms with van der Waals surface area (Å²) in [5.41, 5.74) is 0. The average Bonchev–Trinajstić information content (AvgIpc) is 3.14. The Morgan fingerprint density at radius 1 is 0.604 bits per heavy atom. The molecule has 0 rings (SSSR count). The summed E-state index contributed by atoms with van der Waals surface area (Å²) in [5.74, 6) is -0.550. The number of hydrogen-bond donors (Lipinski definition) is 3. The van der Waals surface area contributed by atoms with E-state index in [1.54, 1.807) is 0 Å². The molecule has 9 nitrogen and oxygen atoms in total. The number of amides is 1. The Kier molecular flexibility index (Phi) is 38.1. The maximum Gasteiger partial charge on any atom is 0.472 e. The van der Waals surface area contributed by atoms with Gasteiger partial charge in [-0.2, -0.15) is 0 Å². The monoisotopic (exact) mass is 768 g/mol. The van der Waals surface area contributed by atoms with E-state index in [4.69, 9.17) is 13.8 Å². The second-order valence-corrected chi connectivity index (χ2v) is 15.4. The van der Waals surface area contributed by atoms with Crippen LogP contribution < -0.4 is 5.32 Å². The molecule has 0 radical (unpaired) electrons. The van der Waals surface area contributed by atoms with Gasteiger partial charge in [0, 0.05) is 19.4 Å². The molecule has 2 atom stereocenters. The summed E-state index contributed by atoms with van der Waals surface area (Å²) in [4.78, 5) is 33.8. The molecular formula is C43H78NO8P. The molecule has 10 heteroatoms. The van der Waals surface area contributed by atoms with Crippen LogP contribution in [0.3, 0.4) is 0 Å². The van der Waals surface area contributed by atoms with Crippen molar-refractivity contribution in [3.63, 3.8) is 0 Å². The number of carbonyl (C=O) groups excluding carboxylic acids is 2. The first-order valence-corrected chi connectivity index (χ1v) is 22.6. The van der Waals surface area contributed by atoms with Crippen molar-refractivity contribution < 1.29 is 37.9 Å². The first kappa shape index (κ1) is 51.0. The van der Waals surface area contributed by atoms with Gasteiger partial charge in [0.1, 0.15) is 12.7 Å². The fourth-order valence-corrected chi connectivity index (χ4v) is 6.32. The average molecular weight is 768 g/mol. The van der Waals surface area contributed by atoms with Crippen LogP contribution in [0, 0.1) is 0 Å². The topological polar surface area (TPSA) is 131 Å². The third-order valence-electron chi connectivity index (χ3n) is 8.74. The van der Waals surface area contributed by atoms with Crippen molar-refractivity contribution in [3.05, 3.63) is 48.6 Å². The Balaban J connectivity index is 3.62. The predicted molar refractivity (Wildman–Crippen MR) is 220 cm³/mol. The van der Waals surface area contributed by atoms with Gasteiger partial charge in [0.15, 0.2) is 0 Å². The van der Waals surface area contributed by atoms with Gasteiger partial charge < -0.3 is 20.1 Å². The third kappa shape index (κ3) is 41.0. The first-order valence-electron chi connectivity index (χ1n) is 21.1. The molecule has 2 unspecified atom stereocenters. The van der Waals surface area contributed by atoms with E-state index in [0.29, 0.717) is 6.42 Å². The number of rotatable bonds is 39. The van der Waals surface area contributed by atoms with Gasteiger partial charge in [-0.15, -0.1) is 0 Å². The largest absolute Gasteiger partial charge is 0.472 e. The molecule has 0 aromatic carbocycles. The van der Waals surface area contributed by atoms with E-state index in [1.807, 2.05) is 0 Å². The van der Waals surface area contributed by atoms with Crippen molar-refractivity contribution >= 4 is 19.7 Å². The van der Waals surface area contributed by atoms with Crippen molar-refractivity contribution in [2.45, 2.75) is 187 Å². The molecule has 0 saturated carbocycles. The van der Waals surface area contributed by atoms with Crippen LogP contribution >= 0.6 is 7.82 Å². The molecule has 3 N–H and O–H groups in total. The van der Waals surface area contributed by atoms with E-state index < -0.39 is 26.5 Å². The molecule has 1 amide bonds. The second-order valence-electron chi connectivity index (χ2n) is 13.9. The van der Waals surface area contributed by atoms with Crippen LogP contribution in [0.25, 0.3) is 0 Å². The maximum absolute atomic E-state index is 12.1. The summed E-state index contributed by atoms with van der Waals surface area (Å²) in [5, 5.41) is 12.7. The molecule has 0 heterocycles. The van der Waals surface area contributed by atoms with E-state index in [1.165, 1.54) is 89.9 Å². The van der Waals surface area contributed by atoms with Crippen LogP contribution in [-0.2, 0) is 27.9 Å². The number of allylic oxidation sites excluding steroid dienone is 8. The zero-order valence-electron chi connectivity index (χ0n) is 33.7. The van der Waals surface area contributed by atoms with E-state index in [-0.39, 0.29) is 32.1 Å². The Bertz CT molecular complexity index is 1010. The van der Waals surface area contributed by atoms with Gasteiger partial charge in [-0.25, -0.2) is 4.57 Å².